The van der Waals surface area contributed by atoms with Crippen molar-refractivity contribution in [2.45, 2.75) is 37.8 Å². The van der Waals surface area contributed by atoms with Crippen molar-refractivity contribution in [3.8, 4) is 5.75 Å². The van der Waals surface area contributed by atoms with E-state index in [1.807, 2.05) is 72.1 Å². The van der Waals surface area contributed by atoms with E-state index in [2.05, 4.69) is 5.32 Å². The number of aliphatic carboxylic acids is 1. The molecular formula is C32H32ClN2O5S+. The van der Waals surface area contributed by atoms with Crippen molar-refractivity contribution < 1.29 is 28.7 Å². The molecule has 0 aliphatic carbocycles. The zero-order valence-electron chi connectivity index (χ0n) is 22.8. The van der Waals surface area contributed by atoms with E-state index in [9.17, 15) is 14.4 Å². The zero-order valence-corrected chi connectivity index (χ0v) is 24.3. The molecule has 2 amide bonds. The van der Waals surface area contributed by atoms with Gasteiger partial charge >= 0.3 is 11.9 Å². The number of fused-ring (bicyclic) bond motifs is 1. The summed E-state index contributed by atoms with van der Waals surface area (Å²) >= 11 is 7.88. The number of carbonyl (C=O) groups is 3. The maximum Gasteiger partial charge on any atom is 0.348 e. The second-order valence-electron chi connectivity index (χ2n) is 10.5. The fourth-order valence-corrected chi connectivity index (χ4v) is 7.12. The number of rotatable bonds is 11. The number of methoxy groups -OCH3 is 1. The van der Waals surface area contributed by atoms with Crippen molar-refractivity contribution in [3.63, 3.8) is 0 Å². The summed E-state index contributed by atoms with van der Waals surface area (Å²) in [6, 6.07) is 22.8. The fourth-order valence-electron chi connectivity index (χ4n) is 5.97. The number of quaternary nitrogens is 1. The number of nitrogens with zero attached hydrogens (tertiary/aromatic N) is 1. The highest BCUT2D eigenvalue weighted by molar-refractivity contribution is 7.17. The number of likely N-dealkylation sites (tertiary alicyclic amines) is 1. The molecule has 2 atom stereocenters. The van der Waals surface area contributed by atoms with E-state index in [4.69, 9.17) is 21.4 Å². The second-order valence-corrected chi connectivity index (χ2v) is 11.8. The average Bonchev–Trinajstić information content (AvgIpc) is 3.40. The Morgan fingerprint density at radius 1 is 1.07 bits per heavy atom. The van der Waals surface area contributed by atoms with Crippen LogP contribution in [0.5, 0.6) is 5.75 Å². The van der Waals surface area contributed by atoms with Crippen LogP contribution in [0.2, 0.25) is 5.02 Å². The van der Waals surface area contributed by atoms with E-state index in [1.165, 1.54) is 11.3 Å². The molecule has 0 saturated carbocycles. The molecule has 0 bridgehead atoms. The molecule has 212 valence electrons. The summed E-state index contributed by atoms with van der Waals surface area (Å²) in [6.07, 6.45) is 0.992. The maximum atomic E-state index is 14.9. The Morgan fingerprint density at radius 3 is 2.59 bits per heavy atom. The quantitative estimate of drug-likeness (QED) is 0.163. The molecule has 5 rings (SSSR count). The number of benzene rings is 3. The van der Waals surface area contributed by atoms with Crippen LogP contribution in [0.15, 0.2) is 78.2 Å². The summed E-state index contributed by atoms with van der Waals surface area (Å²) < 4.78 is 6.54. The molecule has 41 heavy (non-hydrogen) atoms. The number of ether oxygens (including phenoxy) is 1. The number of carboxylic acid groups (broad SMARTS) is 1. The summed E-state index contributed by atoms with van der Waals surface area (Å²) in [5.41, 5.74) is 1.12. The molecule has 1 aliphatic rings. The minimum absolute atomic E-state index is 0.0534. The van der Waals surface area contributed by atoms with Crippen molar-refractivity contribution in [3.05, 3.63) is 99.9 Å². The van der Waals surface area contributed by atoms with E-state index in [0.717, 1.165) is 21.2 Å². The third-order valence-corrected chi connectivity index (χ3v) is 9.32. The predicted molar refractivity (Wildman–Crippen MR) is 160 cm³/mol. The smallest absolute Gasteiger partial charge is 0.348 e. The number of hydrogen-bond acceptors (Lipinski definition) is 5. The first-order valence-corrected chi connectivity index (χ1v) is 14.8. The zero-order chi connectivity index (χ0) is 29.0. The molecule has 1 aromatic heterocycles. The lowest BCUT2D eigenvalue weighted by atomic mass is 9.73. The van der Waals surface area contributed by atoms with Crippen molar-refractivity contribution in [2.75, 3.05) is 20.2 Å². The molecule has 1 aliphatic heterocycles. The fraction of sp³-hybridized carbons (Fsp3) is 0.281. The molecule has 2 heterocycles. The van der Waals surface area contributed by atoms with Gasteiger partial charge in [-0.15, -0.1) is 11.3 Å². The largest absolute Gasteiger partial charge is 0.496 e. The third-order valence-electron chi connectivity index (χ3n) is 8.12. The van der Waals surface area contributed by atoms with Crippen LogP contribution in [0, 0.1) is 0 Å². The first-order valence-electron chi connectivity index (χ1n) is 13.5. The van der Waals surface area contributed by atoms with Gasteiger partial charge in [0.05, 0.1) is 25.6 Å². The number of carbonyl (C=O) groups excluding carboxylic acids is 2. The van der Waals surface area contributed by atoms with E-state index in [0.29, 0.717) is 35.7 Å². The first-order chi connectivity index (χ1) is 19.8. The number of thiophene rings is 1. The minimum atomic E-state index is -1.15. The Morgan fingerprint density at radius 2 is 1.85 bits per heavy atom. The Bertz CT molecular complexity index is 1600. The van der Waals surface area contributed by atoms with Crippen LogP contribution in [0.3, 0.4) is 0 Å². The summed E-state index contributed by atoms with van der Waals surface area (Å²) in [7, 11) is 1.59. The molecule has 9 heteroatoms. The van der Waals surface area contributed by atoms with Gasteiger partial charge in [0.15, 0.2) is 5.54 Å². The lowest BCUT2D eigenvalue weighted by molar-refractivity contribution is -0.946. The number of nitrogens with one attached hydrogen (secondary N) is 1. The van der Waals surface area contributed by atoms with Gasteiger partial charge in [-0.2, -0.15) is 0 Å². The molecule has 4 aromatic rings. The molecule has 0 spiro atoms. The Kier molecular flexibility index (Phi) is 8.45. The summed E-state index contributed by atoms with van der Waals surface area (Å²) in [6.45, 7) is 0.944. The highest BCUT2D eigenvalue weighted by Crippen LogP contribution is 2.48. The van der Waals surface area contributed by atoms with Gasteiger partial charge in [0.25, 0.3) is 5.91 Å². The third kappa shape index (κ3) is 5.47. The Hall–Kier alpha value is -3.72. The molecule has 7 nitrogen and oxygen atoms in total. The highest BCUT2D eigenvalue weighted by atomic mass is 35.5. The van der Waals surface area contributed by atoms with Crippen LogP contribution in [0.4, 0.5) is 0 Å². The first kappa shape index (κ1) is 28.8. The topological polar surface area (TPSA) is 92.7 Å². The van der Waals surface area contributed by atoms with Crippen molar-refractivity contribution >= 4 is 50.8 Å². The second kappa shape index (κ2) is 12.0. The van der Waals surface area contributed by atoms with Crippen LogP contribution in [-0.2, 0) is 22.6 Å². The molecule has 1 saturated heterocycles. The summed E-state index contributed by atoms with van der Waals surface area (Å²) in [5.74, 6) is -0.664. The van der Waals surface area contributed by atoms with Gasteiger partial charge in [0.1, 0.15) is 12.3 Å². The SMILES string of the molecule is COc1ccccc1CC1(C(=O)NCCCC(=O)O)CC[N+]1(Cc1cccc(Cl)c1)C(=O)c1csc2ccccc12. The lowest BCUT2D eigenvalue weighted by Gasteiger charge is -2.57. The van der Waals surface area contributed by atoms with Gasteiger partial charge in [0, 0.05) is 51.0 Å². The molecule has 2 N–H and O–H groups in total. The average molecular weight is 592 g/mol. The standard InChI is InChI=1S/C32H31ClN2O5S/c1-40-27-12-4-2-9-23(27)19-32(31(39)34-16-7-14-29(36)37)15-17-35(32,20-22-8-6-10-24(33)18-22)30(38)26-21-41-28-13-5-3-11-25(26)28/h2-6,8-13,18,21H,7,14-17,19-20H2,1H3,(H-,34,36,37,39)/p+1. The Balaban J connectivity index is 1.64. The van der Waals surface area contributed by atoms with Crippen LogP contribution in [-0.4, -0.2) is 53.1 Å². The molecular weight excluding hydrogens is 560 g/mol. The molecule has 3 aromatic carbocycles. The number of amides is 2. The lowest BCUT2D eigenvalue weighted by Crippen LogP contribution is -2.81. The molecule has 1 fully saturated rings. The minimum Gasteiger partial charge on any atom is -0.496 e. The number of carboxylic acids is 1. The van der Waals surface area contributed by atoms with Gasteiger partial charge in [-0.25, -0.2) is 9.28 Å². The normalized spacial score (nSPS) is 19.9. The molecule has 2 unspecified atom stereocenters. The summed E-state index contributed by atoms with van der Waals surface area (Å²) in [5, 5.41) is 15.4. The van der Waals surface area contributed by atoms with Crippen LogP contribution >= 0.6 is 22.9 Å². The predicted octanol–water partition coefficient (Wildman–Crippen LogP) is 6.09. The number of halogens is 1. The monoisotopic (exact) mass is 591 g/mol. The van der Waals surface area contributed by atoms with E-state index in [-0.39, 0.29) is 42.2 Å². The Labute approximate surface area is 247 Å². The van der Waals surface area contributed by atoms with Crippen molar-refractivity contribution in [2.24, 2.45) is 0 Å². The van der Waals surface area contributed by atoms with Crippen molar-refractivity contribution in [1.29, 1.82) is 0 Å². The summed E-state index contributed by atoms with van der Waals surface area (Å²) in [4.78, 5) is 40.3. The maximum absolute atomic E-state index is 14.9. The van der Waals surface area contributed by atoms with Crippen LogP contribution in [0.25, 0.3) is 10.1 Å². The van der Waals surface area contributed by atoms with Gasteiger partial charge < -0.3 is 15.2 Å². The highest BCUT2D eigenvalue weighted by Gasteiger charge is 2.68. The van der Waals surface area contributed by atoms with E-state index in [1.54, 1.807) is 13.2 Å². The van der Waals surface area contributed by atoms with Crippen LogP contribution < -0.4 is 10.1 Å². The van der Waals surface area contributed by atoms with E-state index < -0.39 is 11.5 Å². The van der Waals surface area contributed by atoms with Gasteiger partial charge in [-0.05, 0) is 30.7 Å². The van der Waals surface area contributed by atoms with Gasteiger partial charge in [0.2, 0.25) is 0 Å². The molecule has 0 radical (unpaired) electrons. The van der Waals surface area contributed by atoms with E-state index >= 15 is 0 Å². The van der Waals surface area contributed by atoms with Crippen LogP contribution in [0.1, 0.15) is 40.7 Å². The van der Waals surface area contributed by atoms with Gasteiger partial charge in [-0.3, -0.25) is 9.59 Å². The van der Waals surface area contributed by atoms with Crippen molar-refractivity contribution in [1.82, 2.24) is 5.32 Å². The number of hydrogen-bond donors (Lipinski definition) is 2. The number of para-hydroxylation sites is 1. The van der Waals surface area contributed by atoms with Gasteiger partial charge in [-0.1, -0.05) is 60.1 Å².